The van der Waals surface area contributed by atoms with Crippen molar-refractivity contribution < 1.29 is 17.9 Å². The van der Waals surface area contributed by atoms with Gasteiger partial charge in [-0.25, -0.2) is 0 Å². The van der Waals surface area contributed by atoms with Gasteiger partial charge in [-0.2, -0.15) is 0 Å². The molecule has 0 aliphatic heterocycles. The average Bonchev–Trinajstić information content (AvgIpc) is 2.70. The van der Waals surface area contributed by atoms with Crippen molar-refractivity contribution in [3.8, 4) is 5.75 Å². The minimum atomic E-state index is -4.68. The Bertz CT molecular complexity index is 572. The Morgan fingerprint density at radius 3 is 2.42 bits per heavy atom. The van der Waals surface area contributed by atoms with Crippen LogP contribution < -0.4 is 4.74 Å². The van der Waals surface area contributed by atoms with E-state index in [0.29, 0.717) is 11.4 Å². The van der Waals surface area contributed by atoms with Crippen LogP contribution in [0, 0.1) is 5.92 Å². The number of fused-ring (bicyclic) bond motifs is 1. The second kappa shape index (κ2) is 4.79. The van der Waals surface area contributed by atoms with Crippen LogP contribution >= 0.6 is 0 Å². The van der Waals surface area contributed by atoms with Crippen LogP contribution in [0.3, 0.4) is 0 Å². The first-order chi connectivity index (χ1) is 8.79. The number of alkyl halides is 3. The first-order valence-electron chi connectivity index (χ1n) is 6.15. The molecule has 1 aromatic heterocycles. The number of aromatic amines is 1. The van der Waals surface area contributed by atoms with Gasteiger partial charge >= 0.3 is 6.36 Å². The van der Waals surface area contributed by atoms with E-state index in [-0.39, 0.29) is 11.7 Å². The van der Waals surface area contributed by atoms with Gasteiger partial charge in [0.05, 0.1) is 5.52 Å². The van der Waals surface area contributed by atoms with Crippen LogP contribution in [-0.2, 0) is 0 Å². The molecule has 2 nitrogen and oxygen atoms in total. The molecule has 0 bridgehead atoms. The lowest BCUT2D eigenvalue weighted by Crippen LogP contribution is -2.17. The van der Waals surface area contributed by atoms with Crippen molar-refractivity contribution in [3.05, 3.63) is 30.0 Å². The van der Waals surface area contributed by atoms with E-state index in [1.165, 1.54) is 6.07 Å². The summed E-state index contributed by atoms with van der Waals surface area (Å²) in [7, 11) is 0. The van der Waals surface area contributed by atoms with Gasteiger partial charge in [0.1, 0.15) is 0 Å². The van der Waals surface area contributed by atoms with Crippen molar-refractivity contribution in [1.29, 1.82) is 0 Å². The average molecular weight is 271 g/mol. The molecule has 5 heteroatoms. The topological polar surface area (TPSA) is 25.0 Å². The molecule has 1 N–H and O–H groups in total. The molecule has 1 aromatic carbocycles. The quantitative estimate of drug-likeness (QED) is 0.850. The van der Waals surface area contributed by atoms with Gasteiger partial charge in [-0.1, -0.05) is 32.9 Å². The molecule has 1 atom stereocenters. The summed E-state index contributed by atoms with van der Waals surface area (Å²) < 4.78 is 41.0. The molecule has 0 aliphatic rings. The van der Waals surface area contributed by atoms with Gasteiger partial charge in [-0.15, -0.1) is 13.2 Å². The van der Waals surface area contributed by atoms with Crippen molar-refractivity contribution in [2.75, 3.05) is 0 Å². The number of hydrogen-bond donors (Lipinski definition) is 1. The third-order valence-corrected chi connectivity index (χ3v) is 3.43. The molecule has 1 heterocycles. The first kappa shape index (κ1) is 13.8. The zero-order chi connectivity index (χ0) is 14.2. The zero-order valence-electron chi connectivity index (χ0n) is 11.0. The lowest BCUT2D eigenvalue weighted by molar-refractivity contribution is -0.274. The number of H-pyrrole nitrogens is 1. The molecular weight excluding hydrogens is 255 g/mol. The summed E-state index contributed by atoms with van der Waals surface area (Å²) in [5.41, 5.74) is 1.40. The van der Waals surface area contributed by atoms with Crippen molar-refractivity contribution in [2.45, 2.75) is 33.1 Å². The van der Waals surface area contributed by atoms with Crippen LogP contribution in [0.5, 0.6) is 5.75 Å². The second-order valence-electron chi connectivity index (χ2n) is 5.00. The van der Waals surface area contributed by atoms with Gasteiger partial charge in [-0.05, 0) is 23.5 Å². The van der Waals surface area contributed by atoms with Crippen LogP contribution in [0.25, 0.3) is 10.9 Å². The Labute approximate surface area is 109 Å². The molecule has 0 spiro atoms. The highest BCUT2D eigenvalue weighted by atomic mass is 19.4. The normalized spacial score (nSPS) is 14.1. The smallest absolute Gasteiger partial charge is 0.404 e. The molecule has 0 saturated heterocycles. The number of hydrogen-bond acceptors (Lipinski definition) is 1. The Kier molecular flexibility index (Phi) is 3.47. The molecule has 0 radical (unpaired) electrons. The number of halogens is 3. The van der Waals surface area contributed by atoms with Crippen molar-refractivity contribution >= 4 is 10.9 Å². The molecule has 104 valence electrons. The largest absolute Gasteiger partial charge is 0.573 e. The highest BCUT2D eigenvalue weighted by molar-refractivity contribution is 5.88. The van der Waals surface area contributed by atoms with Gasteiger partial charge in [0.15, 0.2) is 5.75 Å². The van der Waals surface area contributed by atoms with Gasteiger partial charge in [0, 0.05) is 11.6 Å². The maximum atomic E-state index is 12.3. The minimum Gasteiger partial charge on any atom is -0.404 e. The number of rotatable bonds is 3. The molecule has 2 rings (SSSR count). The second-order valence-corrected chi connectivity index (χ2v) is 5.00. The lowest BCUT2D eigenvalue weighted by atomic mass is 9.90. The van der Waals surface area contributed by atoms with E-state index in [4.69, 9.17) is 0 Å². The third kappa shape index (κ3) is 2.85. The maximum absolute atomic E-state index is 12.3. The van der Waals surface area contributed by atoms with E-state index in [1.54, 1.807) is 12.3 Å². The summed E-state index contributed by atoms with van der Waals surface area (Å²) in [6.07, 6.45) is -2.91. The number of ether oxygens (including phenoxy) is 1. The Hall–Kier alpha value is -1.65. The van der Waals surface area contributed by atoms with Crippen LogP contribution in [0.15, 0.2) is 24.4 Å². The van der Waals surface area contributed by atoms with E-state index in [0.717, 1.165) is 10.9 Å². The number of benzene rings is 1. The molecule has 0 aliphatic carbocycles. The van der Waals surface area contributed by atoms with Crippen LogP contribution in [0.4, 0.5) is 13.2 Å². The highest BCUT2D eigenvalue weighted by Crippen LogP contribution is 2.35. The van der Waals surface area contributed by atoms with Crippen molar-refractivity contribution in [2.24, 2.45) is 5.92 Å². The standard InChI is InChI=1S/C14H16F3NO/c1-8(2)9(3)11-7-18-13-10(11)5-4-6-12(13)19-14(15,16)17/h4-9,18H,1-3H3. The number of aromatic nitrogens is 1. The van der Waals surface area contributed by atoms with E-state index in [2.05, 4.69) is 30.5 Å². The first-order valence-corrected chi connectivity index (χ1v) is 6.15. The maximum Gasteiger partial charge on any atom is 0.573 e. The van der Waals surface area contributed by atoms with Crippen molar-refractivity contribution in [1.82, 2.24) is 4.98 Å². The molecule has 0 saturated carbocycles. The zero-order valence-corrected chi connectivity index (χ0v) is 11.0. The SMILES string of the molecule is CC(C)C(C)c1c[nH]c2c(OC(F)(F)F)cccc12. The van der Waals surface area contributed by atoms with E-state index in [9.17, 15) is 13.2 Å². The summed E-state index contributed by atoms with van der Waals surface area (Å²) in [6.45, 7) is 6.23. The fourth-order valence-corrected chi connectivity index (χ4v) is 2.09. The predicted molar refractivity (Wildman–Crippen MR) is 68.2 cm³/mol. The monoisotopic (exact) mass is 271 g/mol. The van der Waals surface area contributed by atoms with E-state index < -0.39 is 6.36 Å². The van der Waals surface area contributed by atoms with Crippen molar-refractivity contribution in [3.63, 3.8) is 0 Å². The molecule has 19 heavy (non-hydrogen) atoms. The summed E-state index contributed by atoms with van der Waals surface area (Å²) in [5.74, 6) is 0.480. The fourth-order valence-electron chi connectivity index (χ4n) is 2.09. The highest BCUT2D eigenvalue weighted by Gasteiger charge is 2.32. The fraction of sp³-hybridized carbons (Fsp3) is 0.429. The minimum absolute atomic E-state index is 0.188. The molecule has 0 fully saturated rings. The van der Waals surface area contributed by atoms with Crippen LogP contribution in [0.2, 0.25) is 0 Å². The Morgan fingerprint density at radius 1 is 1.16 bits per heavy atom. The van der Waals surface area contributed by atoms with Gasteiger partial charge < -0.3 is 9.72 Å². The van der Waals surface area contributed by atoms with Gasteiger partial charge in [0.25, 0.3) is 0 Å². The Morgan fingerprint density at radius 2 is 1.84 bits per heavy atom. The predicted octanol–water partition coefficient (Wildman–Crippen LogP) is 4.83. The molecule has 0 amide bonds. The summed E-state index contributed by atoms with van der Waals surface area (Å²) >= 11 is 0. The number of nitrogens with one attached hydrogen (secondary N) is 1. The summed E-state index contributed by atoms with van der Waals surface area (Å²) in [6, 6.07) is 4.70. The molecule has 1 unspecified atom stereocenters. The van der Waals surface area contributed by atoms with Gasteiger partial charge in [-0.3, -0.25) is 0 Å². The number of para-hydroxylation sites is 1. The summed E-state index contributed by atoms with van der Waals surface area (Å²) in [4.78, 5) is 2.89. The molecule has 2 aromatic rings. The van der Waals surface area contributed by atoms with Crippen LogP contribution in [-0.4, -0.2) is 11.3 Å². The third-order valence-electron chi connectivity index (χ3n) is 3.43. The summed E-state index contributed by atoms with van der Waals surface area (Å²) in [5, 5.41) is 0.781. The molecular formula is C14H16F3NO. The van der Waals surface area contributed by atoms with Crippen LogP contribution in [0.1, 0.15) is 32.3 Å². The van der Waals surface area contributed by atoms with Gasteiger partial charge in [0.2, 0.25) is 0 Å². The van der Waals surface area contributed by atoms with E-state index in [1.807, 2.05) is 6.07 Å². The Balaban J connectivity index is 2.48. The van der Waals surface area contributed by atoms with E-state index >= 15 is 0 Å². The lowest BCUT2D eigenvalue weighted by Gasteiger charge is -2.15.